The number of nitrogens with zero attached hydrogens (tertiary/aromatic N) is 1. The molecular weight excluding hydrogens is 252 g/mol. The predicted octanol–water partition coefficient (Wildman–Crippen LogP) is 2.20. The van der Waals surface area contributed by atoms with Crippen molar-refractivity contribution < 1.29 is 9.47 Å². The van der Waals surface area contributed by atoms with Gasteiger partial charge in [-0.1, -0.05) is 30.3 Å². The molecule has 1 atom stereocenters. The molecule has 0 saturated carbocycles. The third-order valence-corrected chi connectivity index (χ3v) is 3.82. The molecule has 1 fully saturated rings. The van der Waals surface area contributed by atoms with E-state index < -0.39 is 5.54 Å². The third kappa shape index (κ3) is 4.04. The van der Waals surface area contributed by atoms with Crippen LogP contribution in [-0.2, 0) is 15.0 Å². The first-order chi connectivity index (χ1) is 9.74. The van der Waals surface area contributed by atoms with Gasteiger partial charge in [-0.25, -0.2) is 0 Å². The second-order valence-electron chi connectivity index (χ2n) is 5.33. The molecular formula is C16H22N2O2. The van der Waals surface area contributed by atoms with Crippen LogP contribution in [0, 0.1) is 17.2 Å². The minimum Gasteiger partial charge on any atom is -0.381 e. The summed E-state index contributed by atoms with van der Waals surface area (Å²) in [6, 6.07) is 11.7. The van der Waals surface area contributed by atoms with Crippen molar-refractivity contribution in [1.29, 1.82) is 5.26 Å². The summed E-state index contributed by atoms with van der Waals surface area (Å²) in [5.41, 5.74) is 6.06. The van der Waals surface area contributed by atoms with E-state index in [9.17, 15) is 5.26 Å². The summed E-state index contributed by atoms with van der Waals surface area (Å²) >= 11 is 0. The van der Waals surface area contributed by atoms with E-state index in [1.807, 2.05) is 30.3 Å². The third-order valence-electron chi connectivity index (χ3n) is 3.82. The Hall–Kier alpha value is -1.41. The Morgan fingerprint density at radius 2 is 2.00 bits per heavy atom. The SMILES string of the molecule is N#CC(N)(CCOCC1CCOCC1)c1ccccc1. The van der Waals surface area contributed by atoms with Crippen molar-refractivity contribution in [3.63, 3.8) is 0 Å². The molecule has 2 rings (SSSR count). The molecule has 0 radical (unpaired) electrons. The van der Waals surface area contributed by atoms with Gasteiger partial charge in [0.15, 0.2) is 0 Å². The van der Waals surface area contributed by atoms with Gasteiger partial charge in [-0.3, -0.25) is 0 Å². The lowest BCUT2D eigenvalue weighted by Gasteiger charge is -2.24. The Bertz CT molecular complexity index is 438. The van der Waals surface area contributed by atoms with E-state index in [0.717, 1.165) is 38.2 Å². The number of rotatable bonds is 6. The molecule has 0 spiro atoms. The quantitative estimate of drug-likeness (QED) is 0.807. The zero-order valence-corrected chi connectivity index (χ0v) is 11.8. The molecule has 0 amide bonds. The van der Waals surface area contributed by atoms with Crippen molar-refractivity contribution in [2.24, 2.45) is 11.7 Å². The predicted molar refractivity (Wildman–Crippen MR) is 76.9 cm³/mol. The van der Waals surface area contributed by atoms with Gasteiger partial charge < -0.3 is 15.2 Å². The molecule has 1 saturated heterocycles. The maximum atomic E-state index is 9.34. The van der Waals surface area contributed by atoms with Gasteiger partial charge in [-0.15, -0.1) is 0 Å². The van der Waals surface area contributed by atoms with E-state index in [4.69, 9.17) is 15.2 Å². The summed E-state index contributed by atoms with van der Waals surface area (Å²) < 4.78 is 11.0. The molecule has 108 valence electrons. The van der Waals surface area contributed by atoms with Crippen LogP contribution in [0.5, 0.6) is 0 Å². The Balaban J connectivity index is 1.78. The highest BCUT2D eigenvalue weighted by atomic mass is 16.5. The minimum atomic E-state index is -0.961. The number of hydrogen-bond donors (Lipinski definition) is 1. The Labute approximate surface area is 120 Å². The molecule has 1 aromatic rings. The molecule has 20 heavy (non-hydrogen) atoms. The molecule has 4 heteroatoms. The highest BCUT2D eigenvalue weighted by molar-refractivity contribution is 5.30. The largest absolute Gasteiger partial charge is 0.381 e. The van der Waals surface area contributed by atoms with Gasteiger partial charge in [-0.05, 0) is 24.3 Å². The highest BCUT2D eigenvalue weighted by Crippen LogP contribution is 2.22. The number of nitriles is 1. The summed E-state index contributed by atoms with van der Waals surface area (Å²) in [4.78, 5) is 0. The molecule has 0 bridgehead atoms. The first kappa shape index (κ1) is 15.0. The fourth-order valence-corrected chi connectivity index (χ4v) is 2.40. The lowest BCUT2D eigenvalue weighted by molar-refractivity contribution is 0.0179. The number of nitrogens with two attached hydrogens (primary N) is 1. The lowest BCUT2D eigenvalue weighted by atomic mass is 9.89. The normalized spacial score (nSPS) is 19.2. The van der Waals surface area contributed by atoms with Gasteiger partial charge in [-0.2, -0.15) is 5.26 Å². The van der Waals surface area contributed by atoms with Gasteiger partial charge >= 0.3 is 0 Å². The van der Waals surface area contributed by atoms with Crippen molar-refractivity contribution in [2.75, 3.05) is 26.4 Å². The maximum Gasteiger partial charge on any atom is 0.132 e. The average molecular weight is 274 g/mol. The van der Waals surface area contributed by atoms with Crippen molar-refractivity contribution in [3.05, 3.63) is 35.9 Å². The molecule has 1 aromatic carbocycles. The van der Waals surface area contributed by atoms with E-state index in [-0.39, 0.29) is 0 Å². The van der Waals surface area contributed by atoms with Crippen LogP contribution < -0.4 is 5.73 Å². The first-order valence-corrected chi connectivity index (χ1v) is 7.16. The van der Waals surface area contributed by atoms with Crippen LogP contribution in [0.4, 0.5) is 0 Å². The van der Waals surface area contributed by atoms with E-state index in [1.165, 1.54) is 0 Å². The lowest BCUT2D eigenvalue weighted by Crippen LogP contribution is -2.36. The molecule has 1 aliphatic heterocycles. The molecule has 0 aromatic heterocycles. The fraction of sp³-hybridized carbons (Fsp3) is 0.562. The number of ether oxygens (including phenoxy) is 2. The second kappa shape index (κ2) is 7.39. The summed E-state index contributed by atoms with van der Waals surface area (Å²) in [6.07, 6.45) is 2.63. The standard InChI is InChI=1S/C16H22N2O2/c17-13-16(18,15-4-2-1-3-5-15)8-11-20-12-14-6-9-19-10-7-14/h1-5,14H,6-12,18H2. The van der Waals surface area contributed by atoms with Crippen molar-refractivity contribution in [3.8, 4) is 6.07 Å². The summed E-state index contributed by atoms with van der Waals surface area (Å²) in [6.45, 7) is 2.91. The van der Waals surface area contributed by atoms with Crippen LogP contribution in [0.3, 0.4) is 0 Å². The molecule has 1 aliphatic rings. The zero-order valence-electron chi connectivity index (χ0n) is 11.8. The van der Waals surface area contributed by atoms with E-state index in [1.54, 1.807) is 0 Å². The van der Waals surface area contributed by atoms with Gasteiger partial charge in [0.25, 0.3) is 0 Å². The van der Waals surface area contributed by atoms with Crippen LogP contribution in [0.25, 0.3) is 0 Å². The molecule has 0 aliphatic carbocycles. The monoisotopic (exact) mass is 274 g/mol. The molecule has 1 unspecified atom stereocenters. The Morgan fingerprint density at radius 3 is 2.65 bits per heavy atom. The topological polar surface area (TPSA) is 68.3 Å². The Morgan fingerprint density at radius 1 is 1.30 bits per heavy atom. The van der Waals surface area contributed by atoms with Crippen LogP contribution in [0.15, 0.2) is 30.3 Å². The fourth-order valence-electron chi connectivity index (χ4n) is 2.40. The van der Waals surface area contributed by atoms with Crippen LogP contribution in [0.1, 0.15) is 24.8 Å². The first-order valence-electron chi connectivity index (χ1n) is 7.16. The summed E-state index contributed by atoms with van der Waals surface area (Å²) in [5, 5.41) is 9.34. The van der Waals surface area contributed by atoms with Crippen LogP contribution in [0.2, 0.25) is 0 Å². The van der Waals surface area contributed by atoms with Crippen LogP contribution in [-0.4, -0.2) is 26.4 Å². The molecule has 1 heterocycles. The Kier molecular flexibility index (Phi) is 5.54. The van der Waals surface area contributed by atoms with Crippen molar-refractivity contribution in [2.45, 2.75) is 24.8 Å². The van der Waals surface area contributed by atoms with E-state index in [0.29, 0.717) is 18.9 Å². The summed E-state index contributed by atoms with van der Waals surface area (Å²) in [7, 11) is 0. The van der Waals surface area contributed by atoms with Gasteiger partial charge in [0.2, 0.25) is 0 Å². The van der Waals surface area contributed by atoms with Crippen molar-refractivity contribution >= 4 is 0 Å². The zero-order chi connectivity index (χ0) is 14.3. The van der Waals surface area contributed by atoms with Gasteiger partial charge in [0.05, 0.1) is 6.07 Å². The second-order valence-corrected chi connectivity index (χ2v) is 5.33. The maximum absolute atomic E-state index is 9.34. The number of benzene rings is 1. The smallest absolute Gasteiger partial charge is 0.132 e. The van der Waals surface area contributed by atoms with Crippen LogP contribution >= 0.6 is 0 Å². The minimum absolute atomic E-state index is 0.510. The molecule has 2 N–H and O–H groups in total. The van der Waals surface area contributed by atoms with E-state index in [2.05, 4.69) is 6.07 Å². The number of hydrogen-bond acceptors (Lipinski definition) is 4. The van der Waals surface area contributed by atoms with Gasteiger partial charge in [0.1, 0.15) is 5.54 Å². The highest BCUT2D eigenvalue weighted by Gasteiger charge is 2.26. The average Bonchev–Trinajstić information content (AvgIpc) is 2.53. The van der Waals surface area contributed by atoms with Crippen molar-refractivity contribution in [1.82, 2.24) is 0 Å². The molecule has 4 nitrogen and oxygen atoms in total. The van der Waals surface area contributed by atoms with E-state index >= 15 is 0 Å². The summed E-state index contributed by atoms with van der Waals surface area (Å²) in [5.74, 6) is 0.578. The van der Waals surface area contributed by atoms with Gasteiger partial charge in [0, 0.05) is 32.8 Å².